The van der Waals surface area contributed by atoms with Crippen LogP contribution in [0.3, 0.4) is 0 Å². The summed E-state index contributed by atoms with van der Waals surface area (Å²) in [5.74, 6) is 0.788. The Balaban J connectivity index is 1.87. The summed E-state index contributed by atoms with van der Waals surface area (Å²) in [6.07, 6.45) is 4.25. The molecule has 2 aromatic heterocycles. The molecular weight excluding hydrogens is 260 g/mol. The molecule has 0 aliphatic rings. The van der Waals surface area contributed by atoms with Crippen molar-refractivity contribution in [3.05, 3.63) is 53.4 Å². The summed E-state index contributed by atoms with van der Waals surface area (Å²) in [7, 11) is 0. The molecule has 2 N–H and O–H groups in total. The van der Waals surface area contributed by atoms with Crippen LogP contribution in [0.2, 0.25) is 0 Å². The highest BCUT2D eigenvalue weighted by atomic mass is 16.3. The third-order valence-corrected chi connectivity index (χ3v) is 2.53. The van der Waals surface area contributed by atoms with E-state index < -0.39 is 11.8 Å². The molecule has 0 spiro atoms. The van der Waals surface area contributed by atoms with Crippen LogP contribution in [-0.4, -0.2) is 11.8 Å². The van der Waals surface area contributed by atoms with Gasteiger partial charge in [-0.2, -0.15) is 0 Å². The first-order chi connectivity index (χ1) is 9.56. The molecule has 6 nitrogen and oxygen atoms in total. The maximum atomic E-state index is 11.8. The molecule has 0 saturated heterocycles. The smallest absolute Gasteiger partial charge is 0.273 e. The van der Waals surface area contributed by atoms with Crippen LogP contribution < -0.4 is 10.9 Å². The zero-order valence-electron chi connectivity index (χ0n) is 11.1. The van der Waals surface area contributed by atoms with Gasteiger partial charge in [0, 0.05) is 6.08 Å². The van der Waals surface area contributed by atoms with Gasteiger partial charge in [-0.15, -0.1) is 0 Å². The lowest BCUT2D eigenvalue weighted by atomic mass is 10.2. The van der Waals surface area contributed by atoms with Crippen molar-refractivity contribution in [1.82, 2.24) is 10.9 Å². The lowest BCUT2D eigenvalue weighted by Gasteiger charge is -2.03. The number of furan rings is 2. The Labute approximate surface area is 115 Å². The molecule has 2 rings (SSSR count). The summed E-state index contributed by atoms with van der Waals surface area (Å²) < 4.78 is 10.3. The zero-order valence-corrected chi connectivity index (χ0v) is 11.1. The quantitative estimate of drug-likeness (QED) is 0.662. The van der Waals surface area contributed by atoms with Gasteiger partial charge >= 0.3 is 0 Å². The molecular formula is C14H14N2O4. The Bertz CT molecular complexity index is 638. The Kier molecular flexibility index (Phi) is 4.05. The fraction of sp³-hybridized carbons (Fsp3) is 0.143. The van der Waals surface area contributed by atoms with E-state index in [9.17, 15) is 9.59 Å². The van der Waals surface area contributed by atoms with Crippen LogP contribution >= 0.6 is 0 Å². The van der Waals surface area contributed by atoms with E-state index in [-0.39, 0.29) is 0 Å². The van der Waals surface area contributed by atoms with Crippen LogP contribution in [0.25, 0.3) is 6.08 Å². The van der Waals surface area contributed by atoms with Crippen LogP contribution in [0.4, 0.5) is 0 Å². The van der Waals surface area contributed by atoms with Gasteiger partial charge in [0.05, 0.1) is 11.8 Å². The first-order valence-corrected chi connectivity index (χ1v) is 5.95. The Morgan fingerprint density at radius 1 is 1.25 bits per heavy atom. The van der Waals surface area contributed by atoms with E-state index in [2.05, 4.69) is 10.9 Å². The lowest BCUT2D eigenvalue weighted by Crippen LogP contribution is -2.40. The Hall–Kier alpha value is -2.76. The van der Waals surface area contributed by atoms with Crippen molar-refractivity contribution in [1.29, 1.82) is 0 Å². The molecule has 0 bridgehead atoms. The molecule has 0 radical (unpaired) electrons. The molecule has 0 aromatic carbocycles. The van der Waals surface area contributed by atoms with Gasteiger partial charge in [0.2, 0.25) is 0 Å². The van der Waals surface area contributed by atoms with Crippen LogP contribution in [0, 0.1) is 13.8 Å². The summed E-state index contributed by atoms with van der Waals surface area (Å²) >= 11 is 0. The second kappa shape index (κ2) is 5.92. The molecule has 6 heteroatoms. The van der Waals surface area contributed by atoms with Gasteiger partial charge in [0.25, 0.3) is 11.8 Å². The Morgan fingerprint density at radius 2 is 2.05 bits per heavy atom. The summed E-state index contributed by atoms with van der Waals surface area (Å²) in [6, 6.07) is 5.03. The molecule has 2 aromatic rings. The van der Waals surface area contributed by atoms with Crippen molar-refractivity contribution in [2.24, 2.45) is 0 Å². The highest BCUT2D eigenvalue weighted by molar-refractivity contribution is 5.98. The number of amides is 2. The number of hydrogen-bond donors (Lipinski definition) is 2. The monoisotopic (exact) mass is 274 g/mol. The minimum absolute atomic E-state index is 0.387. The molecule has 20 heavy (non-hydrogen) atoms. The average molecular weight is 274 g/mol. The van der Waals surface area contributed by atoms with E-state index in [1.165, 1.54) is 18.4 Å². The topological polar surface area (TPSA) is 84.5 Å². The molecule has 0 fully saturated rings. The van der Waals surface area contributed by atoms with Crippen LogP contribution in [-0.2, 0) is 4.79 Å². The normalized spacial score (nSPS) is 10.7. The van der Waals surface area contributed by atoms with Gasteiger partial charge in [-0.3, -0.25) is 20.4 Å². The number of aryl methyl sites for hydroxylation is 2. The summed E-state index contributed by atoms with van der Waals surface area (Å²) in [5.41, 5.74) is 4.96. The molecule has 0 unspecified atom stereocenters. The number of nitrogens with one attached hydrogen (secondary N) is 2. The third kappa shape index (κ3) is 3.38. The van der Waals surface area contributed by atoms with E-state index in [0.29, 0.717) is 22.8 Å². The van der Waals surface area contributed by atoms with E-state index in [0.717, 1.165) is 0 Å². The largest absolute Gasteiger partial charge is 0.466 e. The predicted octanol–water partition coefficient (Wildman–Crippen LogP) is 1.96. The van der Waals surface area contributed by atoms with Gasteiger partial charge in [0.1, 0.15) is 17.3 Å². The second-order valence-corrected chi connectivity index (χ2v) is 4.12. The third-order valence-electron chi connectivity index (χ3n) is 2.53. The van der Waals surface area contributed by atoms with Crippen molar-refractivity contribution >= 4 is 17.9 Å². The minimum atomic E-state index is -0.465. The van der Waals surface area contributed by atoms with Gasteiger partial charge in [-0.1, -0.05) is 0 Å². The van der Waals surface area contributed by atoms with Gasteiger partial charge in [0.15, 0.2) is 0 Å². The number of carbonyl (C=O) groups is 2. The van der Waals surface area contributed by atoms with Crippen LogP contribution in [0.1, 0.15) is 27.6 Å². The van der Waals surface area contributed by atoms with E-state index in [1.54, 1.807) is 32.0 Å². The molecule has 0 aliphatic heterocycles. The number of hydrazine groups is 1. The first kappa shape index (κ1) is 13.7. The van der Waals surface area contributed by atoms with Crippen LogP contribution in [0.15, 0.2) is 39.4 Å². The maximum absolute atomic E-state index is 11.8. The highest BCUT2D eigenvalue weighted by Gasteiger charge is 2.13. The minimum Gasteiger partial charge on any atom is -0.466 e. The molecule has 0 saturated carbocycles. The summed E-state index contributed by atoms with van der Waals surface area (Å²) in [6.45, 7) is 3.43. The SMILES string of the molecule is Cc1cc(C(=O)NNC(=O)/C=C/c2ccco2)c(C)o1. The molecule has 0 atom stereocenters. The summed E-state index contributed by atoms with van der Waals surface area (Å²) in [5, 5.41) is 0. The standard InChI is InChI=1S/C14H14N2O4/c1-9-8-12(10(2)20-9)14(18)16-15-13(17)6-5-11-4-3-7-19-11/h3-8H,1-2H3,(H,15,17)(H,16,18)/b6-5+. The van der Waals surface area contributed by atoms with Crippen LogP contribution in [0.5, 0.6) is 0 Å². The van der Waals surface area contributed by atoms with Gasteiger partial charge in [-0.25, -0.2) is 0 Å². The van der Waals surface area contributed by atoms with Crippen molar-refractivity contribution in [2.75, 3.05) is 0 Å². The van der Waals surface area contributed by atoms with Crippen molar-refractivity contribution < 1.29 is 18.4 Å². The Morgan fingerprint density at radius 3 is 2.65 bits per heavy atom. The fourth-order valence-corrected chi connectivity index (χ4v) is 1.63. The number of carbonyl (C=O) groups excluding carboxylic acids is 2. The molecule has 2 amide bonds. The zero-order chi connectivity index (χ0) is 14.5. The van der Waals surface area contributed by atoms with Crippen molar-refractivity contribution in [3.63, 3.8) is 0 Å². The van der Waals surface area contributed by atoms with E-state index in [1.807, 2.05) is 0 Å². The first-order valence-electron chi connectivity index (χ1n) is 5.95. The van der Waals surface area contributed by atoms with Crippen molar-refractivity contribution in [3.8, 4) is 0 Å². The summed E-state index contributed by atoms with van der Waals surface area (Å²) in [4.78, 5) is 23.3. The van der Waals surface area contributed by atoms with Gasteiger partial charge < -0.3 is 8.83 Å². The molecule has 104 valence electrons. The van der Waals surface area contributed by atoms with E-state index in [4.69, 9.17) is 8.83 Å². The fourth-order valence-electron chi connectivity index (χ4n) is 1.63. The van der Waals surface area contributed by atoms with Crippen molar-refractivity contribution in [2.45, 2.75) is 13.8 Å². The molecule has 2 heterocycles. The lowest BCUT2D eigenvalue weighted by molar-refractivity contribution is -0.117. The second-order valence-electron chi connectivity index (χ2n) is 4.12. The molecule has 0 aliphatic carbocycles. The highest BCUT2D eigenvalue weighted by Crippen LogP contribution is 2.12. The predicted molar refractivity (Wildman–Crippen MR) is 71.5 cm³/mol. The number of rotatable bonds is 3. The number of hydrogen-bond acceptors (Lipinski definition) is 4. The maximum Gasteiger partial charge on any atom is 0.273 e. The van der Waals surface area contributed by atoms with E-state index >= 15 is 0 Å². The average Bonchev–Trinajstić information content (AvgIpc) is 3.03. The van der Waals surface area contributed by atoms with Gasteiger partial charge in [-0.05, 0) is 38.1 Å².